The molecule has 0 aliphatic rings. The number of hydrogen-bond donors (Lipinski definition) is 1. The standard InChI is InChI=1S/C24H21N5O3S2/c1-4-11-29-21(15-8-5-6-9-17(15)31-3)27-28-24(29)34-14(2)20-25-22(30)19-16(13-33-23(19)26-20)18-10-7-12-32-18/h4-10,12-14H,1,11H2,2-3H3,(H,25,26,30). The maximum Gasteiger partial charge on any atom is 0.260 e. The molecular weight excluding hydrogens is 470 g/mol. The Morgan fingerprint density at radius 1 is 1.26 bits per heavy atom. The maximum absolute atomic E-state index is 13.0. The molecule has 0 saturated heterocycles. The highest BCUT2D eigenvalue weighted by Gasteiger charge is 2.22. The molecule has 5 rings (SSSR count). The summed E-state index contributed by atoms with van der Waals surface area (Å²) in [5.41, 5.74) is 1.40. The van der Waals surface area contributed by atoms with Gasteiger partial charge in [0.2, 0.25) is 0 Å². The van der Waals surface area contributed by atoms with Crippen LogP contribution in [0.5, 0.6) is 5.75 Å². The monoisotopic (exact) mass is 491 g/mol. The number of fused-ring (bicyclic) bond motifs is 1. The Balaban J connectivity index is 1.49. The Kier molecular flexibility index (Phi) is 6.08. The summed E-state index contributed by atoms with van der Waals surface area (Å²) in [5, 5.41) is 11.8. The number of thioether (sulfide) groups is 1. The van der Waals surface area contributed by atoms with Gasteiger partial charge in [-0.15, -0.1) is 28.1 Å². The van der Waals surface area contributed by atoms with Crippen molar-refractivity contribution in [1.82, 2.24) is 24.7 Å². The van der Waals surface area contributed by atoms with E-state index >= 15 is 0 Å². The molecule has 0 aliphatic carbocycles. The van der Waals surface area contributed by atoms with Gasteiger partial charge in [0.1, 0.15) is 22.2 Å². The fraction of sp³-hybridized carbons (Fsp3) is 0.167. The summed E-state index contributed by atoms with van der Waals surface area (Å²) in [5.74, 6) is 2.62. The highest BCUT2D eigenvalue weighted by Crippen LogP contribution is 2.37. The minimum atomic E-state index is -0.192. The molecule has 10 heteroatoms. The lowest BCUT2D eigenvalue weighted by Crippen LogP contribution is -2.12. The number of aromatic amines is 1. The van der Waals surface area contributed by atoms with E-state index in [-0.39, 0.29) is 10.8 Å². The molecule has 0 amide bonds. The van der Waals surface area contributed by atoms with Crippen LogP contribution in [-0.4, -0.2) is 31.8 Å². The Labute approximate surface area is 203 Å². The summed E-state index contributed by atoms with van der Waals surface area (Å²) in [6.45, 7) is 6.38. The highest BCUT2D eigenvalue weighted by molar-refractivity contribution is 7.99. The smallest absolute Gasteiger partial charge is 0.260 e. The molecule has 5 aromatic rings. The van der Waals surface area contributed by atoms with E-state index in [0.717, 1.165) is 11.1 Å². The number of rotatable bonds is 8. The Morgan fingerprint density at radius 3 is 2.88 bits per heavy atom. The minimum Gasteiger partial charge on any atom is -0.496 e. The van der Waals surface area contributed by atoms with Crippen molar-refractivity contribution >= 4 is 33.3 Å². The van der Waals surface area contributed by atoms with Crippen LogP contribution in [-0.2, 0) is 6.54 Å². The SMILES string of the molecule is C=CCn1c(SC(C)c2nc3scc(-c4ccco4)c3c(=O)[nH]2)nnc1-c1ccccc1OC. The fourth-order valence-electron chi connectivity index (χ4n) is 3.68. The van der Waals surface area contributed by atoms with Crippen molar-refractivity contribution in [3.05, 3.63) is 76.9 Å². The number of ether oxygens (including phenoxy) is 1. The molecule has 0 spiro atoms. The van der Waals surface area contributed by atoms with Gasteiger partial charge in [0, 0.05) is 17.5 Å². The summed E-state index contributed by atoms with van der Waals surface area (Å²) >= 11 is 2.89. The molecule has 1 N–H and O–H groups in total. The second-order valence-corrected chi connectivity index (χ2v) is 9.59. The molecule has 4 heterocycles. The third-order valence-electron chi connectivity index (χ3n) is 5.29. The van der Waals surface area contributed by atoms with E-state index in [1.54, 1.807) is 25.5 Å². The van der Waals surface area contributed by atoms with E-state index in [1.165, 1.54) is 23.1 Å². The van der Waals surface area contributed by atoms with Crippen molar-refractivity contribution in [3.63, 3.8) is 0 Å². The minimum absolute atomic E-state index is 0.176. The lowest BCUT2D eigenvalue weighted by Gasteiger charge is -2.13. The van der Waals surface area contributed by atoms with Gasteiger partial charge in [0.05, 0.1) is 29.6 Å². The van der Waals surface area contributed by atoms with Crippen LogP contribution < -0.4 is 10.3 Å². The lowest BCUT2D eigenvalue weighted by molar-refractivity contribution is 0.416. The topological polar surface area (TPSA) is 98.8 Å². The van der Waals surface area contributed by atoms with Crippen LogP contribution >= 0.6 is 23.1 Å². The number of aromatic nitrogens is 5. The van der Waals surface area contributed by atoms with Crippen molar-refractivity contribution in [2.75, 3.05) is 7.11 Å². The van der Waals surface area contributed by atoms with E-state index in [0.29, 0.717) is 45.1 Å². The first-order chi connectivity index (χ1) is 16.6. The van der Waals surface area contributed by atoms with Crippen molar-refractivity contribution in [2.24, 2.45) is 0 Å². The van der Waals surface area contributed by atoms with Crippen molar-refractivity contribution in [1.29, 1.82) is 0 Å². The molecule has 0 radical (unpaired) electrons. The molecular formula is C24H21N5O3S2. The van der Waals surface area contributed by atoms with Gasteiger partial charge in [0.15, 0.2) is 11.0 Å². The third kappa shape index (κ3) is 3.95. The number of allylic oxidation sites excluding steroid dienone is 1. The van der Waals surface area contributed by atoms with Gasteiger partial charge in [-0.25, -0.2) is 4.98 Å². The van der Waals surface area contributed by atoms with E-state index in [1.807, 2.05) is 47.2 Å². The molecule has 1 aromatic carbocycles. The van der Waals surface area contributed by atoms with Crippen LogP contribution in [0.4, 0.5) is 0 Å². The molecule has 0 fully saturated rings. The van der Waals surface area contributed by atoms with Gasteiger partial charge in [-0.1, -0.05) is 30.0 Å². The number of nitrogens with zero attached hydrogens (tertiary/aromatic N) is 4. The summed E-state index contributed by atoms with van der Waals surface area (Å²) in [4.78, 5) is 21.3. The molecule has 0 bridgehead atoms. The number of furan rings is 1. The Bertz CT molecular complexity index is 1520. The molecule has 8 nitrogen and oxygen atoms in total. The van der Waals surface area contributed by atoms with E-state index < -0.39 is 0 Å². The number of thiophene rings is 1. The van der Waals surface area contributed by atoms with Crippen LogP contribution in [0.3, 0.4) is 0 Å². The Morgan fingerprint density at radius 2 is 2.12 bits per heavy atom. The molecule has 0 saturated carbocycles. The van der Waals surface area contributed by atoms with Crippen LogP contribution in [0, 0.1) is 0 Å². The Hall–Kier alpha value is -3.63. The quantitative estimate of drug-likeness (QED) is 0.224. The van der Waals surface area contributed by atoms with Gasteiger partial charge >= 0.3 is 0 Å². The first-order valence-corrected chi connectivity index (χ1v) is 12.3. The van der Waals surface area contributed by atoms with Gasteiger partial charge in [0.25, 0.3) is 5.56 Å². The lowest BCUT2D eigenvalue weighted by atomic mass is 10.2. The van der Waals surface area contributed by atoms with Gasteiger partial charge in [-0.05, 0) is 31.2 Å². The van der Waals surface area contributed by atoms with Crippen LogP contribution in [0.25, 0.3) is 32.9 Å². The van der Waals surface area contributed by atoms with Crippen molar-refractivity contribution in [2.45, 2.75) is 23.9 Å². The van der Waals surface area contributed by atoms with Crippen molar-refractivity contribution < 1.29 is 9.15 Å². The molecule has 1 atom stereocenters. The van der Waals surface area contributed by atoms with Gasteiger partial charge in [-0.3, -0.25) is 9.36 Å². The second-order valence-electron chi connectivity index (χ2n) is 7.42. The molecule has 172 valence electrons. The van der Waals surface area contributed by atoms with Crippen LogP contribution in [0.2, 0.25) is 0 Å². The predicted octanol–water partition coefficient (Wildman–Crippen LogP) is 5.55. The first kappa shape index (κ1) is 22.2. The summed E-state index contributed by atoms with van der Waals surface area (Å²) in [6.07, 6.45) is 3.39. The van der Waals surface area contributed by atoms with Crippen LogP contribution in [0.15, 0.2) is 75.1 Å². The maximum atomic E-state index is 13.0. The third-order valence-corrected chi connectivity index (χ3v) is 7.25. The number of methoxy groups -OCH3 is 1. The molecule has 0 aliphatic heterocycles. The average Bonchev–Trinajstić information content (AvgIpc) is 3.59. The average molecular weight is 492 g/mol. The number of hydrogen-bond acceptors (Lipinski definition) is 8. The fourth-order valence-corrected chi connectivity index (χ4v) is 5.53. The summed E-state index contributed by atoms with van der Waals surface area (Å²) < 4.78 is 13.0. The van der Waals surface area contributed by atoms with Gasteiger partial charge in [-0.2, -0.15) is 0 Å². The molecule has 4 aromatic heterocycles. The van der Waals surface area contributed by atoms with Crippen LogP contribution in [0.1, 0.15) is 18.0 Å². The largest absolute Gasteiger partial charge is 0.496 e. The highest BCUT2D eigenvalue weighted by atomic mass is 32.2. The van der Waals surface area contributed by atoms with Crippen molar-refractivity contribution in [3.8, 4) is 28.5 Å². The van der Waals surface area contributed by atoms with E-state index in [9.17, 15) is 4.79 Å². The summed E-state index contributed by atoms with van der Waals surface area (Å²) in [6, 6.07) is 11.3. The van der Waals surface area contributed by atoms with E-state index in [2.05, 4.69) is 21.8 Å². The van der Waals surface area contributed by atoms with Gasteiger partial charge < -0.3 is 14.1 Å². The second kappa shape index (κ2) is 9.32. The summed E-state index contributed by atoms with van der Waals surface area (Å²) in [7, 11) is 1.63. The molecule has 34 heavy (non-hydrogen) atoms. The number of para-hydroxylation sites is 1. The predicted molar refractivity (Wildman–Crippen MR) is 134 cm³/mol. The normalized spacial score (nSPS) is 12.2. The van der Waals surface area contributed by atoms with E-state index in [4.69, 9.17) is 14.1 Å². The zero-order valence-electron chi connectivity index (χ0n) is 18.5. The number of nitrogens with one attached hydrogen (secondary N) is 1. The zero-order valence-corrected chi connectivity index (χ0v) is 20.2. The first-order valence-electron chi connectivity index (χ1n) is 10.5. The molecule has 1 unspecified atom stereocenters. The zero-order chi connectivity index (χ0) is 23.7. The number of benzene rings is 1. The number of H-pyrrole nitrogens is 1.